The Morgan fingerprint density at radius 3 is 2.93 bits per heavy atom. The Hall–Kier alpha value is -3.22. The van der Waals surface area contributed by atoms with Crippen molar-refractivity contribution in [3.63, 3.8) is 0 Å². The summed E-state index contributed by atoms with van der Waals surface area (Å²) in [5.74, 6) is 0.836. The maximum atomic E-state index is 12.5. The lowest BCUT2D eigenvalue weighted by molar-refractivity contribution is -0.118. The number of amides is 1. The summed E-state index contributed by atoms with van der Waals surface area (Å²) >= 11 is 0. The summed E-state index contributed by atoms with van der Waals surface area (Å²) in [4.78, 5) is 16.7. The van der Waals surface area contributed by atoms with E-state index in [1.807, 2.05) is 24.3 Å². The zero-order chi connectivity index (χ0) is 18.2. The van der Waals surface area contributed by atoms with Crippen molar-refractivity contribution in [2.45, 2.75) is 37.6 Å². The van der Waals surface area contributed by atoms with Crippen LogP contribution in [0.3, 0.4) is 0 Å². The van der Waals surface area contributed by atoms with E-state index in [2.05, 4.69) is 42.8 Å². The molecule has 2 aromatic heterocycles. The van der Waals surface area contributed by atoms with Gasteiger partial charge in [-0.25, -0.2) is 4.98 Å². The van der Waals surface area contributed by atoms with Gasteiger partial charge in [0.2, 0.25) is 0 Å². The first-order valence-electron chi connectivity index (χ1n) is 9.31. The van der Waals surface area contributed by atoms with Gasteiger partial charge in [0.15, 0.2) is 5.82 Å². The lowest BCUT2D eigenvalue weighted by Crippen LogP contribution is -2.40. The van der Waals surface area contributed by atoms with Crippen LogP contribution in [-0.4, -0.2) is 37.3 Å². The van der Waals surface area contributed by atoms with Crippen molar-refractivity contribution in [2.75, 3.05) is 0 Å². The highest BCUT2D eigenvalue weighted by atomic mass is 16.1. The van der Waals surface area contributed by atoms with Crippen LogP contribution in [0.25, 0.3) is 22.3 Å². The number of carbonyl (C=O) groups excluding carboxylic acids is 1. The van der Waals surface area contributed by atoms with Gasteiger partial charge in [-0.15, -0.1) is 0 Å². The van der Waals surface area contributed by atoms with Gasteiger partial charge in [-0.2, -0.15) is 10.2 Å². The van der Waals surface area contributed by atoms with Crippen molar-refractivity contribution in [2.24, 2.45) is 0 Å². The molecule has 0 spiro atoms. The monoisotopic (exact) mass is 360 g/mol. The van der Waals surface area contributed by atoms with Crippen LogP contribution in [0, 0.1) is 0 Å². The van der Waals surface area contributed by atoms with Gasteiger partial charge in [0.25, 0.3) is 5.91 Å². The first-order chi connectivity index (χ1) is 13.3. The molecule has 3 N–H and O–H groups in total. The normalized spacial score (nSPS) is 19.7. The Morgan fingerprint density at radius 1 is 1.22 bits per heavy atom. The molecule has 0 bridgehead atoms. The zero-order valence-corrected chi connectivity index (χ0v) is 14.8. The van der Waals surface area contributed by atoms with Gasteiger partial charge < -0.3 is 5.32 Å². The molecule has 27 heavy (non-hydrogen) atoms. The van der Waals surface area contributed by atoms with Crippen LogP contribution in [0.4, 0.5) is 0 Å². The molecule has 2 aliphatic rings. The number of nitrogens with zero attached hydrogens (tertiary/aromatic N) is 3. The number of aromatic nitrogens is 5. The first-order valence-corrected chi connectivity index (χ1v) is 9.31. The van der Waals surface area contributed by atoms with Crippen LogP contribution in [0.1, 0.15) is 37.3 Å². The van der Waals surface area contributed by atoms with E-state index in [0.717, 1.165) is 52.8 Å². The van der Waals surface area contributed by atoms with Gasteiger partial charge in [0.1, 0.15) is 6.33 Å². The van der Waals surface area contributed by atoms with E-state index in [9.17, 15) is 4.79 Å². The molecule has 1 atom stereocenters. The van der Waals surface area contributed by atoms with Gasteiger partial charge in [-0.1, -0.05) is 18.2 Å². The summed E-state index contributed by atoms with van der Waals surface area (Å²) in [6.45, 7) is 0. The van der Waals surface area contributed by atoms with Gasteiger partial charge >= 0.3 is 0 Å². The Labute approximate surface area is 156 Å². The molecule has 136 valence electrons. The smallest absolute Gasteiger partial charge is 0.251 e. The maximum absolute atomic E-state index is 12.5. The number of allylic oxidation sites excluding steroid dienone is 2. The first kappa shape index (κ1) is 16.0. The second-order valence-corrected chi connectivity index (χ2v) is 7.17. The van der Waals surface area contributed by atoms with Gasteiger partial charge in [0.05, 0.1) is 11.2 Å². The molecule has 1 unspecified atom stereocenters. The highest BCUT2D eigenvalue weighted by Gasteiger charge is 2.23. The van der Waals surface area contributed by atoms with Crippen LogP contribution < -0.4 is 5.32 Å². The van der Waals surface area contributed by atoms with Gasteiger partial charge in [-0.05, 0) is 43.9 Å². The summed E-state index contributed by atoms with van der Waals surface area (Å²) in [5, 5.41) is 18.6. The van der Waals surface area contributed by atoms with Crippen LogP contribution in [0.15, 0.2) is 48.3 Å². The Bertz CT molecular complexity index is 1040. The predicted molar refractivity (Wildman–Crippen MR) is 102 cm³/mol. The fourth-order valence-corrected chi connectivity index (χ4v) is 3.66. The van der Waals surface area contributed by atoms with E-state index in [1.54, 1.807) is 0 Å². The third-order valence-electron chi connectivity index (χ3n) is 5.41. The lowest BCUT2D eigenvalue weighted by atomic mass is 9.89. The van der Waals surface area contributed by atoms with E-state index in [1.165, 1.54) is 12.7 Å². The average molecular weight is 360 g/mol. The second-order valence-electron chi connectivity index (χ2n) is 7.17. The number of rotatable bonds is 4. The lowest BCUT2D eigenvalue weighted by Gasteiger charge is -2.27. The van der Waals surface area contributed by atoms with E-state index in [4.69, 9.17) is 0 Å². The molecular formula is C20H20N6O. The highest BCUT2D eigenvalue weighted by molar-refractivity contribution is 5.97. The van der Waals surface area contributed by atoms with Crippen LogP contribution in [0.2, 0.25) is 0 Å². The van der Waals surface area contributed by atoms with Crippen LogP contribution in [0.5, 0.6) is 0 Å². The van der Waals surface area contributed by atoms with E-state index in [0.29, 0.717) is 6.04 Å². The molecule has 0 saturated heterocycles. The molecule has 7 nitrogen and oxygen atoms in total. The summed E-state index contributed by atoms with van der Waals surface area (Å²) in [5.41, 5.74) is 3.61. The van der Waals surface area contributed by atoms with Crippen molar-refractivity contribution in [3.8, 4) is 11.4 Å². The number of carbonyl (C=O) groups is 1. The number of fused-ring (bicyclic) bond motifs is 1. The number of aromatic amines is 2. The van der Waals surface area contributed by atoms with Crippen LogP contribution in [-0.2, 0) is 4.79 Å². The Kier molecular flexibility index (Phi) is 3.85. The third-order valence-corrected chi connectivity index (χ3v) is 5.41. The van der Waals surface area contributed by atoms with Crippen molar-refractivity contribution in [3.05, 3.63) is 54.0 Å². The summed E-state index contributed by atoms with van der Waals surface area (Å²) < 4.78 is 0. The standard InChI is InChI=1S/C20H20N6O/c27-20(23-15-5-2-6-15)14-4-1-3-12(9-14)18-16-10-13(19-21-11-22-26-19)7-8-17(16)24-25-18/h1,4,7-12,15H,2-3,5-6H2,(H,23,27)(H,24,25)(H,21,22,26). The highest BCUT2D eigenvalue weighted by Crippen LogP contribution is 2.32. The van der Waals surface area contributed by atoms with Crippen molar-refractivity contribution >= 4 is 16.8 Å². The Morgan fingerprint density at radius 2 is 2.15 bits per heavy atom. The molecule has 0 aliphatic heterocycles. The number of hydrogen-bond acceptors (Lipinski definition) is 4. The minimum atomic E-state index is 0.0202. The molecular weight excluding hydrogens is 340 g/mol. The summed E-state index contributed by atoms with van der Waals surface area (Å²) in [6, 6.07) is 6.35. The third kappa shape index (κ3) is 2.95. The zero-order valence-electron chi connectivity index (χ0n) is 14.8. The average Bonchev–Trinajstić information content (AvgIpc) is 3.33. The maximum Gasteiger partial charge on any atom is 0.251 e. The SMILES string of the molecule is O=C(NC1CCC1)C1=CC(c2[nH]nc3ccc(-c4ncn[nH]4)cc23)CC=C1. The molecule has 1 amide bonds. The summed E-state index contributed by atoms with van der Waals surface area (Å²) in [6.07, 6.45) is 11.7. The van der Waals surface area contributed by atoms with E-state index < -0.39 is 0 Å². The molecule has 2 heterocycles. The van der Waals surface area contributed by atoms with Crippen molar-refractivity contribution < 1.29 is 4.79 Å². The number of hydrogen-bond donors (Lipinski definition) is 3. The minimum Gasteiger partial charge on any atom is -0.349 e. The predicted octanol–water partition coefficient (Wildman–Crippen LogP) is 2.99. The number of H-pyrrole nitrogens is 2. The molecule has 2 aliphatic carbocycles. The number of nitrogens with one attached hydrogen (secondary N) is 3. The molecule has 0 radical (unpaired) electrons. The van der Waals surface area contributed by atoms with Crippen molar-refractivity contribution in [1.82, 2.24) is 30.7 Å². The second kappa shape index (κ2) is 6.50. The fourth-order valence-electron chi connectivity index (χ4n) is 3.66. The molecule has 1 saturated carbocycles. The summed E-state index contributed by atoms with van der Waals surface area (Å²) in [7, 11) is 0. The minimum absolute atomic E-state index is 0.0202. The topological polar surface area (TPSA) is 99.3 Å². The van der Waals surface area contributed by atoms with Gasteiger partial charge in [0, 0.05) is 28.5 Å². The molecule has 1 aromatic carbocycles. The molecule has 5 rings (SSSR count). The Balaban J connectivity index is 1.46. The van der Waals surface area contributed by atoms with Crippen LogP contribution >= 0.6 is 0 Å². The van der Waals surface area contributed by atoms with E-state index >= 15 is 0 Å². The molecule has 7 heteroatoms. The van der Waals surface area contributed by atoms with E-state index in [-0.39, 0.29) is 11.8 Å². The fraction of sp³-hybridized carbons (Fsp3) is 0.300. The van der Waals surface area contributed by atoms with Crippen molar-refractivity contribution in [1.29, 1.82) is 0 Å². The largest absolute Gasteiger partial charge is 0.349 e. The number of benzene rings is 1. The van der Waals surface area contributed by atoms with Gasteiger partial charge in [-0.3, -0.25) is 15.0 Å². The molecule has 3 aromatic rings. The molecule has 1 fully saturated rings. The quantitative estimate of drug-likeness (QED) is 0.666.